The lowest BCUT2D eigenvalue weighted by atomic mass is 10.1. The van der Waals surface area contributed by atoms with Crippen LogP contribution in [-0.2, 0) is 22.3 Å². The van der Waals surface area contributed by atoms with Gasteiger partial charge < -0.3 is 17.4 Å². The Morgan fingerprint density at radius 1 is 1.25 bits per heavy atom. The van der Waals surface area contributed by atoms with Crippen molar-refractivity contribution in [1.29, 1.82) is 0 Å². The molecule has 0 bridgehead atoms. The van der Waals surface area contributed by atoms with E-state index < -0.39 is 4.93 Å². The van der Waals surface area contributed by atoms with Crippen LogP contribution in [0.2, 0.25) is 0 Å². The number of hydrogen-bond acceptors (Lipinski definition) is 2. The topological polar surface area (TPSA) is 9.23 Å². The predicted octanol–water partition coefficient (Wildman–Crippen LogP) is 2.20. The summed E-state index contributed by atoms with van der Waals surface area (Å²) in [6.45, 7) is 0.804. The van der Waals surface area contributed by atoms with Gasteiger partial charge in [-0.05, 0) is 23.3 Å². The molecule has 1 atom stereocenters. The lowest BCUT2D eigenvalue weighted by Crippen LogP contribution is -2.20. The van der Waals surface area contributed by atoms with Crippen molar-refractivity contribution < 1.29 is 4.74 Å². The summed E-state index contributed by atoms with van der Waals surface area (Å²) in [5.74, 6) is 0. The molecule has 1 saturated heterocycles. The Bertz CT molecular complexity index is 252. The van der Waals surface area contributed by atoms with E-state index in [1.54, 1.807) is 0 Å². The Kier molecular flexibility index (Phi) is 2.11. The van der Waals surface area contributed by atoms with Gasteiger partial charge in [0.15, 0.2) is 0 Å². The molecule has 0 aromatic heterocycles. The fourth-order valence-corrected chi connectivity index (χ4v) is 1.90. The van der Waals surface area contributed by atoms with Gasteiger partial charge in [0, 0.05) is 6.61 Å². The van der Waals surface area contributed by atoms with Crippen LogP contribution in [0.3, 0.4) is 0 Å². The normalized spacial score (nSPS) is 29.1. The fourth-order valence-electron chi connectivity index (χ4n) is 1.53. The third-order valence-electron chi connectivity index (χ3n) is 2.20. The number of benzene rings is 1. The zero-order valence-electron chi connectivity index (χ0n) is 6.82. The first-order valence-corrected chi connectivity index (χ1v) is 4.62. The van der Waals surface area contributed by atoms with Crippen LogP contribution in [0.4, 0.5) is 0 Å². The molecule has 2 heteroatoms. The molecular weight excluding hydrogens is 168 g/mol. The second kappa shape index (κ2) is 3.11. The molecule has 1 nitrogen and oxygen atoms in total. The zero-order chi connectivity index (χ0) is 8.44. The lowest BCUT2D eigenvalue weighted by Gasteiger charge is -2.36. The van der Waals surface area contributed by atoms with Gasteiger partial charge in [0.1, 0.15) is 0 Å². The van der Waals surface area contributed by atoms with Crippen LogP contribution in [0, 0.1) is 0 Å². The maximum Gasteiger partial charge on any atom is 0.0451 e. The quantitative estimate of drug-likeness (QED) is 0.611. The molecule has 0 amide bonds. The smallest absolute Gasteiger partial charge is 0.0451 e. The second-order valence-electron chi connectivity index (χ2n) is 3.07. The van der Waals surface area contributed by atoms with Gasteiger partial charge in [0.2, 0.25) is 0 Å². The average Bonchev–Trinajstić information content (AvgIpc) is 2.55. The van der Waals surface area contributed by atoms with Crippen LogP contribution < -0.4 is 0 Å². The van der Waals surface area contributed by atoms with Crippen LogP contribution in [0.1, 0.15) is 18.4 Å². The van der Waals surface area contributed by atoms with Crippen molar-refractivity contribution in [2.45, 2.75) is 17.8 Å². The first-order chi connectivity index (χ1) is 5.81. The lowest BCUT2D eigenvalue weighted by molar-refractivity contribution is 0.0816. The Morgan fingerprint density at radius 3 is 2.58 bits per heavy atom. The third-order valence-corrected chi connectivity index (χ3v) is 2.76. The van der Waals surface area contributed by atoms with E-state index in [0.717, 1.165) is 25.0 Å². The fraction of sp³-hybridized carbons (Fsp3) is 0.400. The van der Waals surface area contributed by atoms with E-state index in [2.05, 4.69) is 0 Å². The highest BCUT2D eigenvalue weighted by Gasteiger charge is 2.22. The van der Waals surface area contributed by atoms with Crippen LogP contribution >= 0.6 is 0 Å². The van der Waals surface area contributed by atoms with Gasteiger partial charge in [-0.2, -0.15) is 0 Å². The average molecular weight is 179 g/mol. The van der Waals surface area contributed by atoms with Gasteiger partial charge in [-0.15, -0.1) is 0 Å². The summed E-state index contributed by atoms with van der Waals surface area (Å²) in [6.07, 6.45) is 2.05. The highest BCUT2D eigenvalue weighted by atomic mass is 32.1. The second-order valence-corrected chi connectivity index (χ2v) is 3.73. The summed E-state index contributed by atoms with van der Waals surface area (Å²) in [5, 5.41) is 0. The molecule has 1 aromatic rings. The Balaban J connectivity index is 2.29. The maximum absolute atomic E-state index is 5.54. The summed E-state index contributed by atoms with van der Waals surface area (Å²) in [6, 6.07) is 10.1. The first-order valence-electron chi connectivity index (χ1n) is 4.21. The van der Waals surface area contributed by atoms with Crippen LogP contribution in [0.25, 0.3) is 0 Å². The highest BCUT2D eigenvalue weighted by molar-refractivity contribution is 7.59. The van der Waals surface area contributed by atoms with Gasteiger partial charge >= 0.3 is 0 Å². The molecule has 0 N–H and O–H groups in total. The van der Waals surface area contributed by atoms with Gasteiger partial charge in [-0.25, -0.2) is 0 Å². The Morgan fingerprint density at radius 2 is 2.00 bits per heavy atom. The monoisotopic (exact) mass is 179 g/mol. The molecule has 1 aliphatic rings. The molecular formula is C10H11OS-. The third kappa shape index (κ3) is 1.37. The molecule has 0 saturated carbocycles. The van der Waals surface area contributed by atoms with Crippen molar-refractivity contribution >= 4 is 12.6 Å². The molecule has 1 fully saturated rings. The predicted molar refractivity (Wildman–Crippen MR) is 50.7 cm³/mol. The van der Waals surface area contributed by atoms with E-state index in [1.165, 1.54) is 0 Å². The Labute approximate surface area is 78.2 Å². The van der Waals surface area contributed by atoms with Crippen molar-refractivity contribution in [3.8, 4) is 0 Å². The van der Waals surface area contributed by atoms with Crippen LogP contribution in [0.5, 0.6) is 0 Å². The SMILES string of the molecule is [S-]C1(c2ccccc2)CCCO1. The molecule has 1 heterocycles. The van der Waals surface area contributed by atoms with E-state index in [4.69, 9.17) is 17.4 Å². The zero-order valence-corrected chi connectivity index (χ0v) is 7.64. The van der Waals surface area contributed by atoms with Gasteiger partial charge in [0.25, 0.3) is 0 Å². The van der Waals surface area contributed by atoms with E-state index in [1.807, 2.05) is 30.3 Å². The van der Waals surface area contributed by atoms with Crippen molar-refractivity contribution in [3.63, 3.8) is 0 Å². The minimum Gasteiger partial charge on any atom is -0.753 e. The van der Waals surface area contributed by atoms with Gasteiger partial charge in [0.05, 0.1) is 0 Å². The van der Waals surface area contributed by atoms with E-state index in [0.29, 0.717) is 0 Å². The molecule has 64 valence electrons. The molecule has 12 heavy (non-hydrogen) atoms. The summed E-state index contributed by atoms with van der Waals surface area (Å²) in [4.78, 5) is -0.429. The van der Waals surface area contributed by atoms with Crippen LogP contribution in [0.15, 0.2) is 30.3 Å². The molecule has 1 aliphatic heterocycles. The summed E-state index contributed by atoms with van der Waals surface area (Å²) in [5.41, 5.74) is 1.12. The first kappa shape index (κ1) is 8.14. The number of hydrogen-bond donors (Lipinski definition) is 0. The van der Waals surface area contributed by atoms with Crippen molar-refractivity contribution in [2.75, 3.05) is 6.61 Å². The molecule has 1 aromatic carbocycles. The van der Waals surface area contributed by atoms with E-state index >= 15 is 0 Å². The molecule has 0 radical (unpaired) electrons. The van der Waals surface area contributed by atoms with Crippen molar-refractivity contribution in [3.05, 3.63) is 35.9 Å². The largest absolute Gasteiger partial charge is 0.753 e. The standard InChI is InChI=1S/C10H12OS/c12-10(7-4-8-11-10)9-5-2-1-3-6-9/h1-3,5-6,12H,4,7-8H2/p-1. The Hall–Kier alpha value is -0.470. The highest BCUT2D eigenvalue weighted by Crippen LogP contribution is 2.34. The van der Waals surface area contributed by atoms with Crippen LogP contribution in [-0.4, -0.2) is 6.61 Å². The number of rotatable bonds is 1. The van der Waals surface area contributed by atoms with Crippen molar-refractivity contribution in [2.24, 2.45) is 0 Å². The molecule has 0 aliphatic carbocycles. The summed E-state index contributed by atoms with van der Waals surface area (Å²) in [7, 11) is 0. The van der Waals surface area contributed by atoms with Crippen molar-refractivity contribution in [1.82, 2.24) is 0 Å². The minimum atomic E-state index is -0.429. The minimum absolute atomic E-state index is 0.429. The molecule has 1 unspecified atom stereocenters. The van der Waals surface area contributed by atoms with Gasteiger partial charge in [-0.3, -0.25) is 0 Å². The molecule has 2 rings (SSSR count). The van der Waals surface area contributed by atoms with E-state index in [-0.39, 0.29) is 0 Å². The van der Waals surface area contributed by atoms with E-state index in [9.17, 15) is 0 Å². The van der Waals surface area contributed by atoms with Gasteiger partial charge in [-0.1, -0.05) is 30.3 Å². The number of ether oxygens (including phenoxy) is 1. The summed E-state index contributed by atoms with van der Waals surface area (Å²) >= 11 is 5.41. The molecule has 0 spiro atoms. The summed E-state index contributed by atoms with van der Waals surface area (Å²) < 4.78 is 5.54. The maximum atomic E-state index is 5.54.